The van der Waals surface area contributed by atoms with Gasteiger partial charge in [-0.3, -0.25) is 0 Å². The van der Waals surface area contributed by atoms with Crippen molar-refractivity contribution in [3.63, 3.8) is 0 Å². The molecule has 0 spiro atoms. The number of hydrogen-bond donors (Lipinski definition) is 0. The fourth-order valence-electron chi connectivity index (χ4n) is 0.802. The van der Waals surface area contributed by atoms with Crippen LogP contribution in [0, 0.1) is 6.54 Å². The summed E-state index contributed by atoms with van der Waals surface area (Å²) in [5, 5.41) is 0. The smallest absolute Gasteiger partial charge is 0.211 e. The average Bonchev–Trinajstić information content (AvgIpc) is 2.07. The monoisotopic (exact) mass is 146 g/mol. The van der Waals surface area contributed by atoms with Crippen LogP contribution in [0.4, 0.5) is 0 Å². The van der Waals surface area contributed by atoms with E-state index in [0.717, 1.165) is 5.56 Å². The second kappa shape index (κ2) is 4.42. The minimum absolute atomic E-state index is 0.691. The highest BCUT2D eigenvalue weighted by atomic mass is 16.1. The van der Waals surface area contributed by atoms with E-state index in [1.54, 1.807) is 6.54 Å². The topological polar surface area (TPSA) is 29.4 Å². The molecule has 11 heavy (non-hydrogen) atoms. The average molecular weight is 146 g/mol. The largest absolute Gasteiger partial charge is 0.235 e. The highest BCUT2D eigenvalue weighted by Gasteiger charge is 1.88. The number of isocyanates is 1. The maximum atomic E-state index is 9.67. The van der Waals surface area contributed by atoms with Crippen molar-refractivity contribution >= 4 is 6.08 Å². The first kappa shape index (κ1) is 7.70. The summed E-state index contributed by atoms with van der Waals surface area (Å²) >= 11 is 0. The first-order chi connectivity index (χ1) is 5.43. The van der Waals surface area contributed by atoms with Gasteiger partial charge in [-0.05, 0) is 12.0 Å². The van der Waals surface area contributed by atoms with Gasteiger partial charge in [0, 0.05) is 0 Å². The molecule has 0 unspecified atom stereocenters. The Labute approximate surface area is 65.6 Å². The zero-order valence-electron chi connectivity index (χ0n) is 6.03. The van der Waals surface area contributed by atoms with Gasteiger partial charge in [0.15, 0.2) is 0 Å². The van der Waals surface area contributed by atoms with Crippen molar-refractivity contribution in [1.82, 2.24) is 0 Å². The summed E-state index contributed by atoms with van der Waals surface area (Å²) in [4.78, 5) is 13.0. The Balaban J connectivity index is 2.45. The third-order valence-corrected chi connectivity index (χ3v) is 1.31. The van der Waals surface area contributed by atoms with Gasteiger partial charge in [0.2, 0.25) is 6.08 Å². The lowest BCUT2D eigenvalue weighted by molar-refractivity contribution is 0.564. The predicted molar refractivity (Wildman–Crippen MR) is 42.6 cm³/mol. The Morgan fingerprint density at radius 1 is 1.36 bits per heavy atom. The third kappa shape index (κ3) is 2.78. The normalized spacial score (nSPS) is 8.73. The van der Waals surface area contributed by atoms with Crippen molar-refractivity contribution in [2.24, 2.45) is 4.99 Å². The van der Waals surface area contributed by atoms with Crippen molar-refractivity contribution in [3.05, 3.63) is 42.4 Å². The highest BCUT2D eigenvalue weighted by Crippen LogP contribution is 2.00. The van der Waals surface area contributed by atoms with Crippen molar-refractivity contribution < 1.29 is 4.79 Å². The number of carbonyl (C=O) groups excluding carboxylic acids is 1. The molecule has 2 nitrogen and oxygen atoms in total. The van der Waals surface area contributed by atoms with Crippen LogP contribution in [0.15, 0.2) is 35.3 Å². The van der Waals surface area contributed by atoms with E-state index in [0.29, 0.717) is 6.42 Å². The minimum atomic E-state index is 0.691. The molecule has 1 rings (SSSR count). The quantitative estimate of drug-likeness (QED) is 0.471. The fraction of sp³-hybridized carbons (Fsp3) is 0.111. The third-order valence-electron chi connectivity index (χ3n) is 1.31. The number of aliphatic imine (C=N–C) groups is 1. The molecule has 0 atom stereocenters. The summed E-state index contributed by atoms with van der Waals surface area (Å²) in [5.41, 5.74) is 1.14. The molecule has 0 saturated heterocycles. The predicted octanol–water partition coefficient (Wildman–Crippen LogP) is 1.73. The van der Waals surface area contributed by atoms with Crippen molar-refractivity contribution in [3.8, 4) is 0 Å². The molecule has 0 aliphatic carbocycles. The van der Waals surface area contributed by atoms with Crippen LogP contribution in [-0.4, -0.2) is 6.08 Å². The lowest BCUT2D eigenvalue weighted by Crippen LogP contribution is -1.81. The zero-order chi connectivity index (χ0) is 7.94. The molecule has 0 N–H and O–H groups in total. The standard InChI is InChI=1S/C9H8NO/c11-8-10-7-6-9-4-2-1-3-5-9/h1-5,7H,6H2. The molecule has 0 aliphatic heterocycles. The van der Waals surface area contributed by atoms with Crippen molar-refractivity contribution in [2.75, 3.05) is 0 Å². The second-order valence-corrected chi connectivity index (χ2v) is 2.09. The number of hydrogen-bond acceptors (Lipinski definition) is 2. The molecule has 1 radical (unpaired) electrons. The second-order valence-electron chi connectivity index (χ2n) is 2.09. The van der Waals surface area contributed by atoms with Gasteiger partial charge < -0.3 is 0 Å². The van der Waals surface area contributed by atoms with E-state index in [4.69, 9.17) is 0 Å². The van der Waals surface area contributed by atoms with Gasteiger partial charge in [-0.1, -0.05) is 30.3 Å². The van der Waals surface area contributed by atoms with E-state index in [1.807, 2.05) is 30.3 Å². The molecule has 2 heteroatoms. The summed E-state index contributed by atoms with van der Waals surface area (Å²) in [7, 11) is 0. The first-order valence-corrected chi connectivity index (χ1v) is 3.36. The molecular formula is C9H8NO. The fourth-order valence-corrected chi connectivity index (χ4v) is 0.802. The van der Waals surface area contributed by atoms with Crippen molar-refractivity contribution in [1.29, 1.82) is 0 Å². The Morgan fingerprint density at radius 2 is 2.09 bits per heavy atom. The molecule has 0 amide bonds. The zero-order valence-corrected chi connectivity index (χ0v) is 6.03. The van der Waals surface area contributed by atoms with Gasteiger partial charge in [-0.15, -0.1) is 0 Å². The van der Waals surface area contributed by atoms with Gasteiger partial charge in [0.05, 0.1) is 6.54 Å². The van der Waals surface area contributed by atoms with E-state index in [-0.39, 0.29) is 0 Å². The van der Waals surface area contributed by atoms with E-state index >= 15 is 0 Å². The number of nitrogens with zero attached hydrogens (tertiary/aromatic N) is 1. The Bertz CT molecular complexity index is 250. The van der Waals surface area contributed by atoms with E-state index in [2.05, 4.69) is 4.99 Å². The highest BCUT2D eigenvalue weighted by molar-refractivity contribution is 5.34. The molecule has 0 saturated carbocycles. The molecule has 0 aromatic heterocycles. The number of rotatable bonds is 3. The summed E-state index contributed by atoms with van der Waals surface area (Å²) in [6.07, 6.45) is 2.15. The Hall–Kier alpha value is -1.40. The van der Waals surface area contributed by atoms with E-state index in [1.165, 1.54) is 6.08 Å². The summed E-state index contributed by atoms with van der Waals surface area (Å²) in [6, 6.07) is 9.82. The molecule has 1 aromatic carbocycles. The van der Waals surface area contributed by atoms with E-state index in [9.17, 15) is 4.79 Å². The van der Waals surface area contributed by atoms with Crippen LogP contribution in [-0.2, 0) is 11.2 Å². The Kier molecular flexibility index (Phi) is 3.10. The summed E-state index contributed by atoms with van der Waals surface area (Å²) < 4.78 is 0. The van der Waals surface area contributed by atoms with Gasteiger partial charge in [0.25, 0.3) is 0 Å². The summed E-state index contributed by atoms with van der Waals surface area (Å²) in [5.74, 6) is 0. The molecule has 0 bridgehead atoms. The maximum Gasteiger partial charge on any atom is 0.235 e. The molecule has 0 fully saturated rings. The van der Waals surface area contributed by atoms with Gasteiger partial charge >= 0.3 is 0 Å². The van der Waals surface area contributed by atoms with Crippen LogP contribution < -0.4 is 0 Å². The Morgan fingerprint density at radius 3 is 2.73 bits per heavy atom. The van der Waals surface area contributed by atoms with Crippen LogP contribution in [0.25, 0.3) is 0 Å². The van der Waals surface area contributed by atoms with Crippen LogP contribution >= 0.6 is 0 Å². The molecule has 55 valence electrons. The van der Waals surface area contributed by atoms with E-state index < -0.39 is 0 Å². The molecule has 0 heterocycles. The molecule has 0 aliphatic rings. The van der Waals surface area contributed by atoms with Gasteiger partial charge in [-0.2, -0.15) is 4.99 Å². The first-order valence-electron chi connectivity index (χ1n) is 3.36. The lowest BCUT2D eigenvalue weighted by atomic mass is 10.2. The SMILES string of the molecule is O=C=N[CH]Cc1ccccc1. The molecule has 1 aromatic rings. The maximum absolute atomic E-state index is 9.67. The van der Waals surface area contributed by atoms with Gasteiger partial charge in [0.1, 0.15) is 0 Å². The summed E-state index contributed by atoms with van der Waals surface area (Å²) in [6.45, 7) is 1.54. The van der Waals surface area contributed by atoms with Crippen LogP contribution in [0.5, 0.6) is 0 Å². The number of benzene rings is 1. The van der Waals surface area contributed by atoms with Gasteiger partial charge in [-0.25, -0.2) is 4.79 Å². The lowest BCUT2D eigenvalue weighted by Gasteiger charge is -1.93. The van der Waals surface area contributed by atoms with Crippen molar-refractivity contribution in [2.45, 2.75) is 6.42 Å². The molecular weight excluding hydrogens is 138 g/mol. The van der Waals surface area contributed by atoms with Crippen LogP contribution in [0.1, 0.15) is 5.56 Å². The minimum Gasteiger partial charge on any atom is -0.211 e. The van der Waals surface area contributed by atoms with Crippen LogP contribution in [0.3, 0.4) is 0 Å². The van der Waals surface area contributed by atoms with Crippen LogP contribution in [0.2, 0.25) is 0 Å².